The Hall–Kier alpha value is -3.27. The molecule has 39 heavy (non-hydrogen) atoms. The SMILES string of the molecule is CCCc1cc(C(C)(O)C(F)(F)F)cc(CCC)c1OCCCCN1C(=O)NC(C)(c2ccc(N)cc2)C1=O. The van der Waals surface area contributed by atoms with Gasteiger partial charge in [0.05, 0.1) is 6.61 Å². The van der Waals surface area contributed by atoms with Crippen molar-refractivity contribution in [2.75, 3.05) is 18.9 Å². The molecule has 2 aromatic rings. The first-order chi connectivity index (χ1) is 18.3. The molecule has 4 N–H and O–H groups in total. The van der Waals surface area contributed by atoms with Gasteiger partial charge in [-0.3, -0.25) is 9.69 Å². The van der Waals surface area contributed by atoms with Crippen molar-refractivity contribution in [1.82, 2.24) is 10.2 Å². The van der Waals surface area contributed by atoms with Crippen molar-refractivity contribution in [3.8, 4) is 5.75 Å². The normalized spacial score (nSPS) is 19.2. The summed E-state index contributed by atoms with van der Waals surface area (Å²) >= 11 is 0. The van der Waals surface area contributed by atoms with Crippen LogP contribution in [-0.2, 0) is 28.8 Å². The Morgan fingerprint density at radius 2 is 1.59 bits per heavy atom. The summed E-state index contributed by atoms with van der Waals surface area (Å²) in [5, 5.41) is 13.0. The highest BCUT2D eigenvalue weighted by atomic mass is 19.4. The van der Waals surface area contributed by atoms with Gasteiger partial charge in [0, 0.05) is 12.2 Å². The molecule has 3 amide bonds. The van der Waals surface area contributed by atoms with Crippen molar-refractivity contribution in [3.63, 3.8) is 0 Å². The van der Waals surface area contributed by atoms with Crippen LogP contribution in [0, 0.1) is 0 Å². The smallest absolute Gasteiger partial charge is 0.421 e. The maximum Gasteiger partial charge on any atom is 0.421 e. The van der Waals surface area contributed by atoms with Crippen molar-refractivity contribution in [2.45, 2.75) is 83.5 Å². The van der Waals surface area contributed by atoms with Crippen molar-refractivity contribution in [3.05, 3.63) is 58.7 Å². The number of anilines is 1. The fourth-order valence-corrected chi connectivity index (χ4v) is 4.75. The van der Waals surface area contributed by atoms with E-state index in [1.807, 2.05) is 13.8 Å². The number of amides is 3. The number of urea groups is 1. The number of nitrogen functional groups attached to an aromatic ring is 1. The largest absolute Gasteiger partial charge is 0.493 e. The number of nitrogens with two attached hydrogens (primary N) is 1. The summed E-state index contributed by atoms with van der Waals surface area (Å²) in [5.41, 5.74) is 3.83. The van der Waals surface area contributed by atoms with Crippen LogP contribution in [0.25, 0.3) is 0 Å². The summed E-state index contributed by atoms with van der Waals surface area (Å²) in [7, 11) is 0. The lowest BCUT2D eigenvalue weighted by atomic mass is 9.89. The molecule has 2 unspecified atom stereocenters. The van der Waals surface area contributed by atoms with Gasteiger partial charge in [-0.25, -0.2) is 4.79 Å². The fraction of sp³-hybridized carbons (Fsp3) is 0.517. The number of ether oxygens (including phenoxy) is 1. The number of rotatable bonds is 12. The van der Waals surface area contributed by atoms with Crippen molar-refractivity contribution < 1.29 is 32.6 Å². The van der Waals surface area contributed by atoms with Crippen molar-refractivity contribution >= 4 is 17.6 Å². The maximum atomic E-state index is 13.5. The number of nitrogens with one attached hydrogen (secondary N) is 1. The number of hydrogen-bond acceptors (Lipinski definition) is 5. The first-order valence-corrected chi connectivity index (χ1v) is 13.3. The molecule has 0 radical (unpaired) electrons. The van der Waals surface area contributed by atoms with Gasteiger partial charge in [0.25, 0.3) is 5.91 Å². The highest BCUT2D eigenvalue weighted by Crippen LogP contribution is 2.41. The number of halogens is 3. The molecular weight excluding hydrogens is 511 g/mol. The number of carbonyl (C=O) groups is 2. The number of carbonyl (C=O) groups excluding carboxylic acids is 2. The van der Waals surface area contributed by atoms with E-state index in [0.717, 1.165) is 6.92 Å². The average Bonchev–Trinajstić information content (AvgIpc) is 3.08. The molecule has 214 valence electrons. The molecule has 2 aromatic carbocycles. The number of benzene rings is 2. The van der Waals surface area contributed by atoms with Crippen LogP contribution in [0.1, 0.15) is 75.6 Å². The lowest BCUT2D eigenvalue weighted by Gasteiger charge is -2.29. The summed E-state index contributed by atoms with van der Waals surface area (Å²) in [6.45, 7) is 6.74. The third-order valence-electron chi connectivity index (χ3n) is 7.18. The standard InChI is InChI=1S/C29H38F3N3O4/c1-5-9-19-17-22(28(4,38)29(30,31)32)18-20(10-6-2)24(19)39-16-8-7-15-35-25(36)27(3,34-26(35)37)21-11-13-23(33)14-12-21/h11-14,17-18,38H,5-10,15-16,33H2,1-4H3,(H,34,37). The zero-order valence-corrected chi connectivity index (χ0v) is 23.0. The molecule has 0 bridgehead atoms. The van der Waals surface area contributed by atoms with Gasteiger partial charge in [0.1, 0.15) is 11.3 Å². The predicted molar refractivity (Wildman–Crippen MR) is 143 cm³/mol. The lowest BCUT2D eigenvalue weighted by molar-refractivity contribution is -0.258. The van der Waals surface area contributed by atoms with E-state index < -0.39 is 23.3 Å². The number of nitrogens with zero attached hydrogens (tertiary/aromatic N) is 1. The molecule has 0 aliphatic carbocycles. The van der Waals surface area contributed by atoms with Crippen LogP contribution in [0.15, 0.2) is 36.4 Å². The molecule has 3 rings (SSSR count). The minimum atomic E-state index is -4.81. The predicted octanol–water partition coefficient (Wildman–Crippen LogP) is 5.57. The molecule has 0 saturated carbocycles. The number of hydrogen-bond donors (Lipinski definition) is 3. The molecule has 1 heterocycles. The van der Waals surface area contributed by atoms with Crippen LogP contribution in [0.2, 0.25) is 0 Å². The van der Waals surface area contributed by atoms with E-state index in [-0.39, 0.29) is 24.6 Å². The van der Waals surface area contributed by atoms with Gasteiger partial charge >= 0.3 is 12.2 Å². The van der Waals surface area contributed by atoms with E-state index in [1.165, 1.54) is 17.0 Å². The quantitative estimate of drug-likeness (QED) is 0.182. The third-order valence-corrected chi connectivity index (χ3v) is 7.18. The Bertz CT molecular complexity index is 1150. The van der Waals surface area contributed by atoms with E-state index >= 15 is 0 Å². The second kappa shape index (κ2) is 11.9. The van der Waals surface area contributed by atoms with Gasteiger partial charge in [-0.15, -0.1) is 0 Å². The highest BCUT2D eigenvalue weighted by Gasteiger charge is 2.51. The van der Waals surface area contributed by atoms with Crippen LogP contribution >= 0.6 is 0 Å². The van der Waals surface area contributed by atoms with Crippen LogP contribution in [0.5, 0.6) is 5.75 Å². The van der Waals surface area contributed by atoms with Crippen molar-refractivity contribution in [2.24, 2.45) is 0 Å². The minimum Gasteiger partial charge on any atom is -0.493 e. The zero-order valence-electron chi connectivity index (χ0n) is 23.0. The van der Waals surface area contributed by atoms with Crippen molar-refractivity contribution in [1.29, 1.82) is 0 Å². The molecule has 10 heteroatoms. The molecule has 1 fully saturated rings. The monoisotopic (exact) mass is 549 g/mol. The van der Waals surface area contributed by atoms with Crippen LogP contribution in [0.4, 0.5) is 23.7 Å². The molecule has 1 aliphatic rings. The first-order valence-electron chi connectivity index (χ1n) is 13.3. The highest BCUT2D eigenvalue weighted by molar-refractivity contribution is 6.07. The topological polar surface area (TPSA) is 105 Å². The molecule has 0 aromatic heterocycles. The summed E-state index contributed by atoms with van der Waals surface area (Å²) in [6.07, 6.45) is -1.42. The van der Waals surface area contributed by atoms with Gasteiger partial charge < -0.3 is 20.9 Å². The van der Waals surface area contributed by atoms with Gasteiger partial charge in [0.2, 0.25) is 0 Å². The van der Waals surface area contributed by atoms with Crippen LogP contribution in [0.3, 0.4) is 0 Å². The molecular formula is C29H38F3N3O4. The number of aliphatic hydroxyl groups is 1. The first kappa shape index (κ1) is 30.3. The van der Waals surface area contributed by atoms with Gasteiger partial charge in [-0.1, -0.05) is 38.8 Å². The minimum absolute atomic E-state index is 0.197. The maximum absolute atomic E-state index is 13.5. The van der Waals surface area contributed by atoms with Crippen LogP contribution < -0.4 is 15.8 Å². The molecule has 1 saturated heterocycles. The second-order valence-corrected chi connectivity index (χ2v) is 10.4. The molecule has 1 aliphatic heterocycles. The van der Waals surface area contributed by atoms with Gasteiger partial charge in [0.15, 0.2) is 5.60 Å². The van der Waals surface area contributed by atoms with E-state index in [4.69, 9.17) is 10.5 Å². The fourth-order valence-electron chi connectivity index (χ4n) is 4.75. The van der Waals surface area contributed by atoms with E-state index in [0.29, 0.717) is 66.7 Å². The Morgan fingerprint density at radius 3 is 2.10 bits per heavy atom. The number of aryl methyl sites for hydroxylation is 2. The summed E-state index contributed by atoms with van der Waals surface area (Å²) in [6, 6.07) is 9.08. The molecule has 0 spiro atoms. The summed E-state index contributed by atoms with van der Waals surface area (Å²) in [5.74, 6) is 0.201. The van der Waals surface area contributed by atoms with E-state index in [1.54, 1.807) is 31.2 Å². The van der Waals surface area contributed by atoms with Crippen LogP contribution in [-0.4, -0.2) is 41.3 Å². The number of unbranched alkanes of at least 4 members (excludes halogenated alkanes) is 1. The molecule has 2 atom stereocenters. The number of imide groups is 1. The lowest BCUT2D eigenvalue weighted by Crippen LogP contribution is -2.41. The Morgan fingerprint density at radius 1 is 1.03 bits per heavy atom. The summed E-state index contributed by atoms with van der Waals surface area (Å²) < 4.78 is 46.7. The van der Waals surface area contributed by atoms with Gasteiger partial charge in [-0.05, 0) is 86.1 Å². The Balaban J connectivity index is 1.68. The summed E-state index contributed by atoms with van der Waals surface area (Å²) in [4.78, 5) is 26.9. The third kappa shape index (κ3) is 6.32. The zero-order chi connectivity index (χ0) is 29.0. The number of alkyl halides is 3. The van der Waals surface area contributed by atoms with E-state index in [2.05, 4.69) is 5.32 Å². The Labute approximate surface area is 227 Å². The second-order valence-electron chi connectivity index (χ2n) is 10.4. The molecule has 7 nitrogen and oxygen atoms in total. The Kier molecular flexibility index (Phi) is 9.20. The average molecular weight is 550 g/mol. The van der Waals surface area contributed by atoms with E-state index in [9.17, 15) is 27.9 Å². The van der Waals surface area contributed by atoms with Gasteiger partial charge in [-0.2, -0.15) is 13.2 Å².